The van der Waals surface area contributed by atoms with Gasteiger partial charge in [-0.05, 0) is 43.7 Å². The Bertz CT molecular complexity index is 983. The first-order valence-corrected chi connectivity index (χ1v) is 11.5. The summed E-state index contributed by atoms with van der Waals surface area (Å²) in [5, 5.41) is 8.06. The van der Waals surface area contributed by atoms with Gasteiger partial charge in [0.15, 0.2) is 5.69 Å². The highest BCUT2D eigenvalue weighted by Gasteiger charge is 2.32. The van der Waals surface area contributed by atoms with Crippen LogP contribution in [0, 0.1) is 24.5 Å². The van der Waals surface area contributed by atoms with Gasteiger partial charge < -0.3 is 15.0 Å². The summed E-state index contributed by atoms with van der Waals surface area (Å²) in [4.78, 5) is 15.1. The number of ether oxygens (including phenoxy) is 1. The fourth-order valence-corrected chi connectivity index (χ4v) is 4.57. The Hall–Kier alpha value is -2.32. The monoisotopic (exact) mass is 446 g/mol. The lowest BCUT2D eigenvalue weighted by atomic mass is 9.90. The van der Waals surface area contributed by atoms with Crippen LogP contribution < -0.4 is 5.32 Å². The number of morpholine rings is 1. The summed E-state index contributed by atoms with van der Waals surface area (Å²) in [6, 6.07) is 2.78. The summed E-state index contributed by atoms with van der Waals surface area (Å²) in [7, 11) is 0. The van der Waals surface area contributed by atoms with Gasteiger partial charge in [-0.15, -0.1) is 0 Å². The quantitative estimate of drug-likeness (QED) is 0.740. The zero-order chi connectivity index (χ0) is 22.8. The molecule has 2 aliphatic rings. The van der Waals surface area contributed by atoms with Gasteiger partial charge in [0.05, 0.1) is 13.2 Å². The van der Waals surface area contributed by atoms with Gasteiger partial charge in [-0.25, -0.2) is 8.78 Å². The van der Waals surface area contributed by atoms with Crippen molar-refractivity contribution in [3.8, 4) is 0 Å². The fraction of sp³-hybridized carbons (Fsp3) is 0.583. The molecule has 1 aliphatic carbocycles. The molecule has 1 fully saturated rings. The van der Waals surface area contributed by atoms with E-state index in [1.54, 1.807) is 11.8 Å². The second-order valence-corrected chi connectivity index (χ2v) is 9.23. The number of halogens is 2. The van der Waals surface area contributed by atoms with Crippen molar-refractivity contribution in [2.75, 3.05) is 26.3 Å². The van der Waals surface area contributed by atoms with Gasteiger partial charge in [0, 0.05) is 49.0 Å². The summed E-state index contributed by atoms with van der Waals surface area (Å²) in [6.45, 7) is 9.00. The van der Waals surface area contributed by atoms with Crippen LogP contribution in [0.5, 0.6) is 0 Å². The van der Waals surface area contributed by atoms with Crippen LogP contribution in [-0.4, -0.2) is 52.9 Å². The molecule has 0 spiro atoms. The number of fused-ring (bicyclic) bond motifs is 1. The number of rotatable bonds is 6. The molecule has 2 aromatic rings. The third-order valence-corrected chi connectivity index (χ3v) is 6.33. The molecule has 1 amide bonds. The van der Waals surface area contributed by atoms with Crippen molar-refractivity contribution < 1.29 is 18.3 Å². The highest BCUT2D eigenvalue weighted by atomic mass is 19.1. The van der Waals surface area contributed by atoms with Crippen LogP contribution in [-0.2, 0) is 30.7 Å². The highest BCUT2D eigenvalue weighted by molar-refractivity contribution is 5.94. The van der Waals surface area contributed by atoms with E-state index in [-0.39, 0.29) is 24.1 Å². The largest absolute Gasteiger partial charge is 0.378 e. The molecule has 2 heterocycles. The molecule has 1 aliphatic heterocycles. The van der Waals surface area contributed by atoms with Gasteiger partial charge in [-0.2, -0.15) is 5.10 Å². The first-order valence-electron chi connectivity index (χ1n) is 11.5. The molecular weight excluding hydrogens is 414 g/mol. The Morgan fingerprint density at radius 2 is 2.03 bits per heavy atom. The lowest BCUT2D eigenvalue weighted by Crippen LogP contribution is -2.41. The Kier molecular flexibility index (Phi) is 6.90. The van der Waals surface area contributed by atoms with Crippen LogP contribution in [0.25, 0.3) is 0 Å². The van der Waals surface area contributed by atoms with Crippen molar-refractivity contribution in [1.29, 1.82) is 0 Å². The number of hydrogen-bond acceptors (Lipinski definition) is 4. The van der Waals surface area contributed by atoms with Crippen LogP contribution in [0.2, 0.25) is 0 Å². The molecule has 0 bridgehead atoms. The van der Waals surface area contributed by atoms with E-state index in [0.717, 1.165) is 30.6 Å². The molecule has 4 rings (SSSR count). The number of aryl methyl sites for hydroxylation is 1. The second kappa shape index (κ2) is 9.67. The fourth-order valence-electron chi connectivity index (χ4n) is 4.57. The molecule has 6 nitrogen and oxygen atoms in total. The third kappa shape index (κ3) is 4.71. The molecule has 0 radical (unpaired) electrons. The number of aromatic nitrogens is 2. The van der Waals surface area contributed by atoms with Gasteiger partial charge in [0.2, 0.25) is 0 Å². The van der Waals surface area contributed by atoms with Crippen LogP contribution in [0.4, 0.5) is 8.78 Å². The van der Waals surface area contributed by atoms with Crippen LogP contribution in [0.1, 0.15) is 53.1 Å². The molecule has 0 saturated carbocycles. The molecule has 1 atom stereocenters. The summed E-state index contributed by atoms with van der Waals surface area (Å²) >= 11 is 0. The van der Waals surface area contributed by atoms with E-state index in [0.29, 0.717) is 49.9 Å². The highest BCUT2D eigenvalue weighted by Crippen LogP contribution is 2.27. The van der Waals surface area contributed by atoms with Gasteiger partial charge in [0.1, 0.15) is 11.6 Å². The zero-order valence-corrected chi connectivity index (χ0v) is 19.1. The third-order valence-electron chi connectivity index (χ3n) is 6.33. The number of amides is 1. The van der Waals surface area contributed by atoms with E-state index in [4.69, 9.17) is 9.84 Å². The maximum Gasteiger partial charge on any atom is 0.274 e. The van der Waals surface area contributed by atoms with E-state index in [1.807, 2.05) is 4.68 Å². The second-order valence-electron chi connectivity index (χ2n) is 9.23. The maximum atomic E-state index is 14.4. The standard InChI is InChI=1S/C24H32F2N4O2/c1-15(2)14-30-21-7-5-17(27-13-19-20(25)6-4-16(3)22(19)26)12-18(21)23(28-30)24(31)29-8-10-32-11-9-29/h4,6,15,17,27H,5,7-14H2,1-3H3/t17-/m1/s1. The van der Waals surface area contributed by atoms with Crippen molar-refractivity contribution in [1.82, 2.24) is 20.0 Å². The van der Waals surface area contributed by atoms with Crippen molar-refractivity contribution in [3.63, 3.8) is 0 Å². The number of carbonyl (C=O) groups excluding carboxylic acids is 1. The molecule has 0 unspecified atom stereocenters. The Morgan fingerprint density at radius 3 is 2.75 bits per heavy atom. The number of nitrogens with zero attached hydrogens (tertiary/aromatic N) is 3. The summed E-state index contributed by atoms with van der Waals surface area (Å²) in [5.41, 5.74) is 3.10. The Balaban J connectivity index is 1.55. The zero-order valence-electron chi connectivity index (χ0n) is 19.1. The first kappa shape index (κ1) is 22.9. The average Bonchev–Trinajstić information content (AvgIpc) is 3.13. The Morgan fingerprint density at radius 1 is 1.28 bits per heavy atom. The number of hydrogen-bond donors (Lipinski definition) is 1. The van der Waals surface area contributed by atoms with Crippen LogP contribution in [0.3, 0.4) is 0 Å². The SMILES string of the molecule is Cc1ccc(F)c(CN[C@@H]2CCc3c(c(C(=O)N4CCOCC4)nn3CC(C)C)C2)c1F. The smallest absolute Gasteiger partial charge is 0.274 e. The average molecular weight is 447 g/mol. The minimum absolute atomic E-state index is 0.0229. The molecule has 1 saturated heterocycles. The number of benzene rings is 1. The van der Waals surface area contributed by atoms with Gasteiger partial charge in [-0.1, -0.05) is 19.9 Å². The molecule has 1 aromatic carbocycles. The lowest BCUT2D eigenvalue weighted by molar-refractivity contribution is 0.0297. The number of carbonyl (C=O) groups is 1. The van der Waals surface area contributed by atoms with Crippen molar-refractivity contribution >= 4 is 5.91 Å². The van der Waals surface area contributed by atoms with E-state index in [2.05, 4.69) is 19.2 Å². The summed E-state index contributed by atoms with van der Waals surface area (Å²) < 4.78 is 35.9. The summed E-state index contributed by atoms with van der Waals surface area (Å²) in [5.74, 6) is -0.677. The van der Waals surface area contributed by atoms with Crippen LogP contribution >= 0.6 is 0 Å². The van der Waals surface area contributed by atoms with Crippen molar-refractivity contribution in [2.24, 2.45) is 5.92 Å². The van der Waals surface area contributed by atoms with E-state index in [1.165, 1.54) is 12.1 Å². The molecule has 1 N–H and O–H groups in total. The molecule has 8 heteroatoms. The minimum Gasteiger partial charge on any atom is -0.378 e. The predicted octanol–water partition coefficient (Wildman–Crippen LogP) is 3.25. The maximum absolute atomic E-state index is 14.4. The first-order chi connectivity index (χ1) is 15.3. The van der Waals surface area contributed by atoms with Gasteiger partial charge in [0.25, 0.3) is 5.91 Å². The van der Waals surface area contributed by atoms with Crippen molar-refractivity contribution in [2.45, 2.75) is 59.2 Å². The van der Waals surface area contributed by atoms with Gasteiger partial charge >= 0.3 is 0 Å². The molecule has 174 valence electrons. The molecule has 1 aromatic heterocycles. The van der Waals surface area contributed by atoms with Crippen LogP contribution in [0.15, 0.2) is 12.1 Å². The van der Waals surface area contributed by atoms with Gasteiger partial charge in [-0.3, -0.25) is 9.48 Å². The van der Waals surface area contributed by atoms with E-state index >= 15 is 0 Å². The summed E-state index contributed by atoms with van der Waals surface area (Å²) in [6.07, 6.45) is 2.23. The minimum atomic E-state index is -0.537. The number of nitrogens with one attached hydrogen (secondary N) is 1. The lowest BCUT2D eigenvalue weighted by Gasteiger charge is -2.28. The van der Waals surface area contributed by atoms with E-state index < -0.39 is 11.6 Å². The predicted molar refractivity (Wildman–Crippen MR) is 118 cm³/mol. The normalized spacial score (nSPS) is 18.8. The molecular formula is C24H32F2N4O2. The topological polar surface area (TPSA) is 59.4 Å². The van der Waals surface area contributed by atoms with E-state index in [9.17, 15) is 13.6 Å². The molecule has 32 heavy (non-hydrogen) atoms. The van der Waals surface area contributed by atoms with Crippen molar-refractivity contribution in [3.05, 3.63) is 51.8 Å². The Labute approximate surface area is 187 Å².